The fraction of sp³-hybridized carbons (Fsp3) is 0.438. The zero-order chi connectivity index (χ0) is 14.2. The smallest absolute Gasteiger partial charge is 0.119 e. The van der Waals surface area contributed by atoms with E-state index in [9.17, 15) is 0 Å². The monoisotopic (exact) mass is 273 g/mol. The van der Waals surface area contributed by atoms with Crippen LogP contribution in [0.2, 0.25) is 0 Å². The molecule has 2 rings (SSSR count). The third-order valence-electron chi connectivity index (χ3n) is 3.10. The summed E-state index contributed by atoms with van der Waals surface area (Å²) < 4.78 is 7.69. The van der Waals surface area contributed by atoms with Crippen molar-refractivity contribution >= 4 is 0 Å². The first-order valence-corrected chi connectivity index (χ1v) is 7.21. The van der Waals surface area contributed by atoms with Crippen LogP contribution in [0.15, 0.2) is 36.4 Å². The van der Waals surface area contributed by atoms with Crippen LogP contribution in [0.1, 0.15) is 24.7 Å². The average molecular weight is 273 g/mol. The minimum absolute atomic E-state index is 0.739. The molecule has 0 fully saturated rings. The lowest BCUT2D eigenvalue weighted by Gasteiger charge is -2.08. The van der Waals surface area contributed by atoms with Crippen LogP contribution < -0.4 is 10.1 Å². The minimum atomic E-state index is 0.739. The highest BCUT2D eigenvalue weighted by molar-refractivity contribution is 5.20. The SMILES string of the molecule is CCn1nc(C)cc1CNCCCOc1ccccc1. The van der Waals surface area contributed by atoms with Gasteiger partial charge in [-0.1, -0.05) is 18.2 Å². The summed E-state index contributed by atoms with van der Waals surface area (Å²) in [5, 5.41) is 7.87. The zero-order valence-corrected chi connectivity index (χ0v) is 12.3. The standard InChI is InChI=1S/C16H23N3O/c1-3-19-15(12-14(2)18-19)13-17-10-7-11-20-16-8-5-4-6-9-16/h4-6,8-9,12,17H,3,7,10-11,13H2,1-2H3. The molecule has 0 aliphatic carbocycles. The predicted molar refractivity (Wildman–Crippen MR) is 80.9 cm³/mol. The molecule has 0 saturated heterocycles. The number of para-hydroxylation sites is 1. The number of ether oxygens (including phenoxy) is 1. The van der Waals surface area contributed by atoms with Crippen LogP contribution in [0.4, 0.5) is 0 Å². The van der Waals surface area contributed by atoms with E-state index in [1.165, 1.54) is 5.69 Å². The molecule has 0 aliphatic rings. The molecule has 2 aromatic rings. The zero-order valence-electron chi connectivity index (χ0n) is 12.3. The Morgan fingerprint density at radius 3 is 2.80 bits per heavy atom. The molecular weight excluding hydrogens is 250 g/mol. The Morgan fingerprint density at radius 1 is 1.25 bits per heavy atom. The number of nitrogens with zero attached hydrogens (tertiary/aromatic N) is 2. The Kier molecular flexibility index (Phi) is 5.62. The van der Waals surface area contributed by atoms with Gasteiger partial charge >= 0.3 is 0 Å². The molecule has 108 valence electrons. The molecule has 1 aromatic carbocycles. The van der Waals surface area contributed by atoms with Crippen LogP contribution in [0.5, 0.6) is 5.75 Å². The molecule has 0 unspecified atom stereocenters. The summed E-state index contributed by atoms with van der Waals surface area (Å²) in [6.07, 6.45) is 0.994. The van der Waals surface area contributed by atoms with Gasteiger partial charge in [0.25, 0.3) is 0 Å². The third-order valence-corrected chi connectivity index (χ3v) is 3.10. The summed E-state index contributed by atoms with van der Waals surface area (Å²) in [7, 11) is 0. The minimum Gasteiger partial charge on any atom is -0.494 e. The quantitative estimate of drug-likeness (QED) is 0.752. The van der Waals surface area contributed by atoms with Crippen molar-refractivity contribution in [1.29, 1.82) is 0 Å². The molecule has 4 nitrogen and oxygen atoms in total. The van der Waals surface area contributed by atoms with E-state index >= 15 is 0 Å². The van der Waals surface area contributed by atoms with E-state index < -0.39 is 0 Å². The summed E-state index contributed by atoms with van der Waals surface area (Å²) >= 11 is 0. The van der Waals surface area contributed by atoms with Gasteiger partial charge in [-0.2, -0.15) is 5.10 Å². The maximum atomic E-state index is 5.65. The second-order valence-electron chi connectivity index (χ2n) is 4.78. The van der Waals surface area contributed by atoms with Gasteiger partial charge in [-0.25, -0.2) is 0 Å². The average Bonchev–Trinajstić information content (AvgIpc) is 2.84. The fourth-order valence-electron chi connectivity index (χ4n) is 2.14. The van der Waals surface area contributed by atoms with E-state index in [-0.39, 0.29) is 0 Å². The first kappa shape index (κ1) is 14.6. The van der Waals surface area contributed by atoms with E-state index in [1.54, 1.807) is 0 Å². The van der Waals surface area contributed by atoms with Crippen LogP contribution in [0, 0.1) is 6.92 Å². The molecule has 0 saturated carbocycles. The van der Waals surface area contributed by atoms with Gasteiger partial charge < -0.3 is 10.1 Å². The molecule has 4 heteroatoms. The van der Waals surface area contributed by atoms with Crippen molar-refractivity contribution in [2.75, 3.05) is 13.2 Å². The largest absolute Gasteiger partial charge is 0.494 e. The summed E-state index contributed by atoms with van der Waals surface area (Å²) in [6, 6.07) is 12.1. The van der Waals surface area contributed by atoms with E-state index in [1.807, 2.05) is 41.9 Å². The molecule has 1 N–H and O–H groups in total. The Bertz CT molecular complexity index is 508. The Balaban J connectivity index is 1.62. The summed E-state index contributed by atoms with van der Waals surface area (Å²) in [4.78, 5) is 0. The predicted octanol–water partition coefficient (Wildman–Crippen LogP) is 2.77. The van der Waals surface area contributed by atoms with Crippen molar-refractivity contribution in [2.45, 2.75) is 33.4 Å². The van der Waals surface area contributed by atoms with Gasteiger partial charge in [0.1, 0.15) is 5.75 Å². The van der Waals surface area contributed by atoms with Gasteiger partial charge in [0.15, 0.2) is 0 Å². The molecule has 0 bridgehead atoms. The van der Waals surface area contributed by atoms with Gasteiger partial charge in [0.2, 0.25) is 0 Å². The Labute approximate surface area is 120 Å². The molecule has 0 radical (unpaired) electrons. The van der Waals surface area contributed by atoms with Gasteiger partial charge in [-0.15, -0.1) is 0 Å². The summed E-state index contributed by atoms with van der Waals surface area (Å²) in [5.74, 6) is 0.937. The molecule has 1 heterocycles. The first-order chi connectivity index (χ1) is 9.79. The van der Waals surface area contributed by atoms with Crippen LogP contribution >= 0.6 is 0 Å². The number of aryl methyl sites for hydroxylation is 2. The van der Waals surface area contributed by atoms with Crippen molar-refractivity contribution in [3.63, 3.8) is 0 Å². The lowest BCUT2D eigenvalue weighted by molar-refractivity contribution is 0.307. The normalized spacial score (nSPS) is 10.7. The highest BCUT2D eigenvalue weighted by Crippen LogP contribution is 2.08. The number of hydrogen-bond donors (Lipinski definition) is 1. The van der Waals surface area contributed by atoms with Gasteiger partial charge in [-0.05, 0) is 45.0 Å². The molecule has 0 amide bonds. The van der Waals surface area contributed by atoms with E-state index in [0.29, 0.717) is 0 Å². The van der Waals surface area contributed by atoms with E-state index in [4.69, 9.17) is 4.74 Å². The third kappa shape index (κ3) is 4.38. The molecular formula is C16H23N3O. The van der Waals surface area contributed by atoms with Crippen LogP contribution in [0.3, 0.4) is 0 Å². The molecule has 1 aromatic heterocycles. The molecule has 0 spiro atoms. The van der Waals surface area contributed by atoms with Crippen molar-refractivity contribution in [1.82, 2.24) is 15.1 Å². The van der Waals surface area contributed by atoms with Crippen molar-refractivity contribution in [3.8, 4) is 5.75 Å². The van der Waals surface area contributed by atoms with E-state index in [2.05, 4.69) is 23.4 Å². The molecule has 0 atom stereocenters. The lowest BCUT2D eigenvalue weighted by atomic mass is 10.3. The summed E-state index contributed by atoms with van der Waals surface area (Å²) in [5.41, 5.74) is 2.32. The fourth-order valence-corrected chi connectivity index (χ4v) is 2.14. The van der Waals surface area contributed by atoms with Crippen LogP contribution in [-0.2, 0) is 13.1 Å². The Hall–Kier alpha value is -1.81. The highest BCUT2D eigenvalue weighted by Gasteiger charge is 2.02. The van der Waals surface area contributed by atoms with Crippen molar-refractivity contribution in [3.05, 3.63) is 47.8 Å². The van der Waals surface area contributed by atoms with Crippen LogP contribution in [-0.4, -0.2) is 22.9 Å². The van der Waals surface area contributed by atoms with Crippen LogP contribution in [0.25, 0.3) is 0 Å². The van der Waals surface area contributed by atoms with Gasteiger partial charge in [0.05, 0.1) is 18.0 Å². The summed E-state index contributed by atoms with van der Waals surface area (Å²) in [6.45, 7) is 7.61. The van der Waals surface area contributed by atoms with Gasteiger partial charge in [-0.3, -0.25) is 4.68 Å². The topological polar surface area (TPSA) is 39.1 Å². The number of hydrogen-bond acceptors (Lipinski definition) is 3. The molecule has 20 heavy (non-hydrogen) atoms. The lowest BCUT2D eigenvalue weighted by Crippen LogP contribution is -2.19. The first-order valence-electron chi connectivity index (χ1n) is 7.21. The number of aromatic nitrogens is 2. The maximum Gasteiger partial charge on any atom is 0.119 e. The number of nitrogens with one attached hydrogen (secondary N) is 1. The van der Waals surface area contributed by atoms with Crippen molar-refractivity contribution < 1.29 is 4.74 Å². The second-order valence-corrected chi connectivity index (χ2v) is 4.78. The van der Waals surface area contributed by atoms with Gasteiger partial charge in [0, 0.05) is 13.1 Å². The number of benzene rings is 1. The highest BCUT2D eigenvalue weighted by atomic mass is 16.5. The van der Waals surface area contributed by atoms with Crippen molar-refractivity contribution in [2.24, 2.45) is 0 Å². The Morgan fingerprint density at radius 2 is 2.05 bits per heavy atom. The number of rotatable bonds is 8. The molecule has 0 aliphatic heterocycles. The van der Waals surface area contributed by atoms with E-state index in [0.717, 1.165) is 44.1 Å². The maximum absolute atomic E-state index is 5.65. The second kappa shape index (κ2) is 7.70.